The molecule has 2 heterocycles. The maximum absolute atomic E-state index is 13.8. The van der Waals surface area contributed by atoms with Gasteiger partial charge in [-0.05, 0) is 55.3 Å². The molecule has 0 saturated heterocycles. The highest BCUT2D eigenvalue weighted by Gasteiger charge is 2.28. The molecule has 1 N–H and O–H groups in total. The summed E-state index contributed by atoms with van der Waals surface area (Å²) >= 11 is 0. The Morgan fingerprint density at radius 1 is 1.15 bits per heavy atom. The third kappa shape index (κ3) is 2.75. The number of para-hydroxylation sites is 1. The predicted molar refractivity (Wildman–Crippen MR) is 99.9 cm³/mol. The molecule has 1 unspecified atom stereocenters. The van der Waals surface area contributed by atoms with Crippen molar-refractivity contribution < 1.29 is 9.18 Å². The third-order valence-corrected chi connectivity index (χ3v) is 4.95. The van der Waals surface area contributed by atoms with Crippen molar-refractivity contribution in [3.05, 3.63) is 83.4 Å². The van der Waals surface area contributed by atoms with Crippen molar-refractivity contribution in [3.8, 4) is 5.69 Å². The van der Waals surface area contributed by atoms with E-state index >= 15 is 0 Å². The van der Waals surface area contributed by atoms with Crippen molar-refractivity contribution in [1.29, 1.82) is 0 Å². The van der Waals surface area contributed by atoms with Crippen molar-refractivity contribution in [3.63, 3.8) is 0 Å². The molecule has 5 heteroatoms. The molecule has 2 amide bonds. The van der Waals surface area contributed by atoms with Crippen molar-refractivity contribution in [1.82, 2.24) is 9.47 Å². The molecule has 0 radical (unpaired) electrons. The zero-order chi connectivity index (χ0) is 18.3. The number of anilines is 1. The first-order valence-electron chi connectivity index (χ1n) is 8.64. The smallest absolute Gasteiger partial charge is 0.318 e. The first-order valence-corrected chi connectivity index (χ1v) is 8.64. The summed E-state index contributed by atoms with van der Waals surface area (Å²) in [7, 11) is 0. The Kier molecular flexibility index (Phi) is 3.99. The van der Waals surface area contributed by atoms with Crippen LogP contribution in [0.4, 0.5) is 14.9 Å². The number of carbonyl (C=O) groups excluding carboxylic acids is 1. The van der Waals surface area contributed by atoms with Crippen LogP contribution in [0, 0.1) is 12.7 Å². The maximum atomic E-state index is 13.8. The van der Waals surface area contributed by atoms with Crippen LogP contribution in [0.1, 0.15) is 29.8 Å². The molecular weight excluding hydrogens is 329 g/mol. The van der Waals surface area contributed by atoms with E-state index in [-0.39, 0.29) is 17.9 Å². The van der Waals surface area contributed by atoms with Gasteiger partial charge in [-0.1, -0.05) is 24.3 Å². The van der Waals surface area contributed by atoms with Crippen LogP contribution in [0.15, 0.2) is 60.8 Å². The molecule has 0 saturated carbocycles. The number of halogens is 1. The van der Waals surface area contributed by atoms with Crippen LogP contribution in [-0.2, 0) is 6.54 Å². The van der Waals surface area contributed by atoms with Gasteiger partial charge in [0.2, 0.25) is 0 Å². The quantitative estimate of drug-likeness (QED) is 0.657. The lowest BCUT2D eigenvalue weighted by Crippen LogP contribution is -2.36. The number of carbonyl (C=O) groups is 1. The molecule has 4 rings (SSSR count). The molecule has 4 nitrogen and oxygen atoms in total. The summed E-state index contributed by atoms with van der Waals surface area (Å²) in [6.07, 6.45) is 2.02. The van der Waals surface area contributed by atoms with Gasteiger partial charge in [0.05, 0.1) is 18.3 Å². The minimum atomic E-state index is -0.328. The first kappa shape index (κ1) is 16.4. The molecule has 0 aliphatic carbocycles. The van der Waals surface area contributed by atoms with Crippen molar-refractivity contribution >= 4 is 11.7 Å². The Balaban J connectivity index is 1.68. The second kappa shape index (κ2) is 6.33. The predicted octanol–water partition coefficient (Wildman–Crippen LogP) is 5.03. The summed E-state index contributed by atoms with van der Waals surface area (Å²) in [5, 5.41) is 2.83. The molecule has 2 aromatic carbocycles. The molecule has 1 atom stereocenters. The standard InChI is InChI=1S/C21H20FN3O/c1-14-9-10-17(12-18(14)22)23-21(26)25-13-16-6-3-4-7-20(16)24-11-5-8-19(24)15(25)2/h3-12,15H,13H2,1-2H3,(H,23,26). The van der Waals surface area contributed by atoms with Crippen molar-refractivity contribution in [2.75, 3.05) is 5.32 Å². The molecule has 1 aliphatic rings. The molecule has 26 heavy (non-hydrogen) atoms. The second-order valence-corrected chi connectivity index (χ2v) is 6.63. The van der Waals surface area contributed by atoms with Gasteiger partial charge in [-0.25, -0.2) is 9.18 Å². The Morgan fingerprint density at radius 2 is 1.96 bits per heavy atom. The molecule has 0 spiro atoms. The number of nitrogens with zero attached hydrogens (tertiary/aromatic N) is 2. The largest absolute Gasteiger partial charge is 0.322 e. The summed E-state index contributed by atoms with van der Waals surface area (Å²) in [5.74, 6) is -0.328. The Hall–Kier alpha value is -3.08. The van der Waals surface area contributed by atoms with Gasteiger partial charge in [-0.2, -0.15) is 0 Å². The fraction of sp³-hybridized carbons (Fsp3) is 0.190. The van der Waals surface area contributed by atoms with Crippen molar-refractivity contribution in [2.45, 2.75) is 26.4 Å². The minimum absolute atomic E-state index is 0.118. The maximum Gasteiger partial charge on any atom is 0.322 e. The fourth-order valence-electron chi connectivity index (χ4n) is 3.43. The number of nitrogens with one attached hydrogen (secondary N) is 1. The van der Waals surface area contributed by atoms with Crippen LogP contribution in [0.25, 0.3) is 5.69 Å². The Labute approximate surface area is 151 Å². The highest BCUT2D eigenvalue weighted by molar-refractivity contribution is 5.89. The van der Waals surface area contributed by atoms with Gasteiger partial charge in [0.1, 0.15) is 5.82 Å². The molecular formula is C21H20FN3O. The van der Waals surface area contributed by atoms with E-state index in [4.69, 9.17) is 0 Å². The number of urea groups is 1. The van der Waals surface area contributed by atoms with Gasteiger partial charge in [-0.15, -0.1) is 0 Å². The number of benzene rings is 2. The van der Waals surface area contributed by atoms with Crippen LogP contribution >= 0.6 is 0 Å². The number of amides is 2. The van der Waals surface area contributed by atoms with Gasteiger partial charge in [-0.3, -0.25) is 0 Å². The van der Waals surface area contributed by atoms with E-state index in [1.807, 2.05) is 43.5 Å². The lowest BCUT2D eigenvalue weighted by atomic mass is 10.1. The number of hydrogen-bond acceptors (Lipinski definition) is 1. The number of aryl methyl sites for hydroxylation is 1. The highest BCUT2D eigenvalue weighted by atomic mass is 19.1. The molecule has 1 aromatic heterocycles. The summed E-state index contributed by atoms with van der Waals surface area (Å²) in [4.78, 5) is 14.7. The number of aromatic nitrogens is 1. The van der Waals surface area contributed by atoms with E-state index in [0.717, 1.165) is 16.9 Å². The van der Waals surface area contributed by atoms with Gasteiger partial charge < -0.3 is 14.8 Å². The second-order valence-electron chi connectivity index (χ2n) is 6.63. The first-order chi connectivity index (χ1) is 12.5. The topological polar surface area (TPSA) is 37.3 Å². The monoisotopic (exact) mass is 349 g/mol. The molecule has 0 fully saturated rings. The summed E-state index contributed by atoms with van der Waals surface area (Å²) in [6.45, 7) is 4.19. The van der Waals surface area contributed by atoms with Crippen LogP contribution in [0.3, 0.4) is 0 Å². The third-order valence-electron chi connectivity index (χ3n) is 4.95. The van der Waals surface area contributed by atoms with Crippen LogP contribution in [0.2, 0.25) is 0 Å². The molecule has 3 aromatic rings. The van der Waals surface area contributed by atoms with Gasteiger partial charge in [0, 0.05) is 17.6 Å². The highest BCUT2D eigenvalue weighted by Crippen LogP contribution is 2.32. The minimum Gasteiger partial charge on any atom is -0.318 e. The zero-order valence-corrected chi connectivity index (χ0v) is 14.7. The average Bonchev–Trinajstić information content (AvgIpc) is 3.08. The number of hydrogen-bond donors (Lipinski definition) is 1. The summed E-state index contributed by atoms with van der Waals surface area (Å²) in [6, 6.07) is 16.4. The van der Waals surface area contributed by atoms with E-state index in [2.05, 4.69) is 16.0 Å². The zero-order valence-electron chi connectivity index (χ0n) is 14.7. The van der Waals surface area contributed by atoms with Crippen LogP contribution < -0.4 is 5.32 Å². The van der Waals surface area contributed by atoms with Gasteiger partial charge >= 0.3 is 6.03 Å². The number of fused-ring (bicyclic) bond motifs is 3. The SMILES string of the molecule is Cc1ccc(NC(=O)N2Cc3ccccc3-n3cccc3C2C)cc1F. The van der Waals surface area contributed by atoms with Crippen molar-refractivity contribution in [2.24, 2.45) is 0 Å². The molecule has 0 bridgehead atoms. The van der Waals surface area contributed by atoms with Gasteiger partial charge in [0.25, 0.3) is 0 Å². The molecule has 1 aliphatic heterocycles. The van der Waals surface area contributed by atoms with E-state index < -0.39 is 0 Å². The Bertz CT molecular complexity index is 979. The average molecular weight is 349 g/mol. The van der Waals surface area contributed by atoms with Crippen LogP contribution in [-0.4, -0.2) is 15.5 Å². The van der Waals surface area contributed by atoms with Crippen LogP contribution in [0.5, 0.6) is 0 Å². The van der Waals surface area contributed by atoms with E-state index in [9.17, 15) is 9.18 Å². The fourth-order valence-corrected chi connectivity index (χ4v) is 3.43. The lowest BCUT2D eigenvalue weighted by Gasteiger charge is -2.27. The molecule has 132 valence electrons. The summed E-state index contributed by atoms with van der Waals surface area (Å²) in [5.41, 5.74) is 4.20. The lowest BCUT2D eigenvalue weighted by molar-refractivity contribution is 0.189. The van der Waals surface area contributed by atoms with E-state index in [1.54, 1.807) is 24.0 Å². The number of rotatable bonds is 1. The van der Waals surface area contributed by atoms with Gasteiger partial charge in [0.15, 0.2) is 0 Å². The summed E-state index contributed by atoms with van der Waals surface area (Å²) < 4.78 is 15.9. The normalized spacial score (nSPS) is 15.8. The van der Waals surface area contributed by atoms with E-state index in [1.165, 1.54) is 6.07 Å². The Morgan fingerprint density at radius 3 is 2.77 bits per heavy atom. The van der Waals surface area contributed by atoms with E-state index in [0.29, 0.717) is 17.8 Å².